The number of methoxy groups -OCH3 is 2. The molecule has 1 saturated heterocycles. The van der Waals surface area contributed by atoms with Gasteiger partial charge in [0, 0.05) is 49.0 Å². The molecule has 0 amide bonds. The summed E-state index contributed by atoms with van der Waals surface area (Å²) in [5, 5.41) is 7.64. The number of rotatable bonds is 6. The molecular formula is C21H28ClIN4O2. The van der Waals surface area contributed by atoms with Gasteiger partial charge in [-0.2, -0.15) is 0 Å². The van der Waals surface area contributed by atoms with Gasteiger partial charge in [0.25, 0.3) is 0 Å². The Morgan fingerprint density at radius 3 is 2.69 bits per heavy atom. The number of nitrogens with one attached hydrogen (secondary N) is 2. The van der Waals surface area contributed by atoms with Crippen LogP contribution in [0.3, 0.4) is 0 Å². The molecule has 6 nitrogen and oxygen atoms in total. The molecule has 3 rings (SSSR count). The Balaban J connectivity index is 0.00000300. The van der Waals surface area contributed by atoms with Crippen molar-refractivity contribution in [3.05, 3.63) is 53.1 Å². The molecule has 0 aliphatic carbocycles. The maximum Gasteiger partial charge on any atom is 0.191 e. The Morgan fingerprint density at radius 2 is 2.00 bits per heavy atom. The average molecular weight is 531 g/mol. The molecule has 29 heavy (non-hydrogen) atoms. The molecule has 2 aromatic rings. The highest BCUT2D eigenvalue weighted by Gasteiger charge is 2.23. The van der Waals surface area contributed by atoms with Gasteiger partial charge in [-0.1, -0.05) is 29.8 Å². The summed E-state index contributed by atoms with van der Waals surface area (Å²) in [6, 6.07) is 14.2. The highest BCUT2D eigenvalue weighted by molar-refractivity contribution is 14.0. The minimum Gasteiger partial charge on any atom is -0.493 e. The zero-order chi connectivity index (χ0) is 19.9. The number of anilines is 1. The molecule has 8 heteroatoms. The van der Waals surface area contributed by atoms with Gasteiger partial charge in [-0.3, -0.25) is 4.99 Å². The summed E-state index contributed by atoms with van der Waals surface area (Å²) >= 11 is 6.12. The van der Waals surface area contributed by atoms with Crippen LogP contribution in [0.25, 0.3) is 0 Å². The van der Waals surface area contributed by atoms with Crippen LogP contribution < -0.4 is 25.0 Å². The third-order valence-electron chi connectivity index (χ3n) is 4.86. The van der Waals surface area contributed by atoms with Crippen LogP contribution in [0.5, 0.6) is 11.5 Å². The number of aliphatic imine (C=N–C) groups is 1. The minimum atomic E-state index is 0. The Kier molecular flexibility index (Phi) is 9.16. The Hall–Kier alpha value is -1.87. The second-order valence-electron chi connectivity index (χ2n) is 6.63. The molecule has 1 aliphatic heterocycles. The summed E-state index contributed by atoms with van der Waals surface area (Å²) in [4.78, 5) is 6.69. The van der Waals surface area contributed by atoms with E-state index in [1.807, 2.05) is 36.4 Å². The van der Waals surface area contributed by atoms with Gasteiger partial charge in [0.2, 0.25) is 0 Å². The van der Waals surface area contributed by atoms with E-state index >= 15 is 0 Å². The van der Waals surface area contributed by atoms with Crippen LogP contribution in [-0.4, -0.2) is 46.4 Å². The lowest BCUT2D eigenvalue weighted by molar-refractivity contribution is 0.351. The van der Waals surface area contributed by atoms with Gasteiger partial charge < -0.3 is 25.0 Å². The molecule has 1 aliphatic rings. The van der Waals surface area contributed by atoms with E-state index in [0.29, 0.717) is 12.6 Å². The van der Waals surface area contributed by atoms with E-state index in [1.54, 1.807) is 21.3 Å². The fourth-order valence-corrected chi connectivity index (χ4v) is 3.63. The molecule has 1 fully saturated rings. The number of benzene rings is 2. The van der Waals surface area contributed by atoms with E-state index in [9.17, 15) is 0 Å². The zero-order valence-electron chi connectivity index (χ0n) is 16.9. The summed E-state index contributed by atoms with van der Waals surface area (Å²) in [7, 11) is 5.07. The van der Waals surface area contributed by atoms with E-state index < -0.39 is 0 Å². The van der Waals surface area contributed by atoms with Gasteiger partial charge in [0.1, 0.15) is 0 Å². The van der Waals surface area contributed by atoms with Crippen molar-refractivity contribution in [1.29, 1.82) is 0 Å². The van der Waals surface area contributed by atoms with Crippen molar-refractivity contribution in [3.63, 3.8) is 0 Å². The van der Waals surface area contributed by atoms with Crippen LogP contribution in [0.1, 0.15) is 12.0 Å². The molecule has 1 unspecified atom stereocenters. The lowest BCUT2D eigenvalue weighted by Crippen LogP contribution is -2.44. The average Bonchev–Trinajstić information content (AvgIpc) is 3.19. The molecule has 158 valence electrons. The van der Waals surface area contributed by atoms with Gasteiger partial charge >= 0.3 is 0 Å². The van der Waals surface area contributed by atoms with Crippen molar-refractivity contribution in [3.8, 4) is 11.5 Å². The Morgan fingerprint density at radius 1 is 1.21 bits per heavy atom. The normalized spacial score (nSPS) is 16.2. The summed E-state index contributed by atoms with van der Waals surface area (Å²) < 4.78 is 10.9. The minimum absolute atomic E-state index is 0. The number of hydrogen-bond donors (Lipinski definition) is 2. The predicted octanol–water partition coefficient (Wildman–Crippen LogP) is 3.92. The van der Waals surface area contributed by atoms with Gasteiger partial charge in [-0.15, -0.1) is 24.0 Å². The molecule has 0 radical (unpaired) electrons. The standard InChI is InChI=1S/C21H27ClN4O2.HI/c1-23-21(24-13-15-6-4-9-19(27-2)20(15)28-3)25-17-10-11-26(14-17)18-8-5-7-16(22)12-18;/h4-9,12,17H,10-11,13-14H2,1-3H3,(H2,23,24,25);1H. The van der Waals surface area contributed by atoms with Gasteiger partial charge in [-0.05, 0) is 30.7 Å². The molecule has 0 aromatic heterocycles. The second kappa shape index (κ2) is 11.3. The molecule has 1 heterocycles. The first-order chi connectivity index (χ1) is 13.6. The van der Waals surface area contributed by atoms with Crippen LogP contribution in [0, 0.1) is 0 Å². The number of ether oxygens (including phenoxy) is 2. The maximum absolute atomic E-state index is 6.12. The van der Waals surface area contributed by atoms with Crippen molar-refractivity contribution in [2.75, 3.05) is 39.3 Å². The SMILES string of the molecule is CN=C(NCc1cccc(OC)c1OC)NC1CCN(c2cccc(Cl)c2)C1.I. The monoisotopic (exact) mass is 530 g/mol. The highest BCUT2D eigenvalue weighted by atomic mass is 127. The molecule has 0 saturated carbocycles. The van der Waals surface area contributed by atoms with Crippen molar-refractivity contribution >= 4 is 47.2 Å². The fourth-order valence-electron chi connectivity index (χ4n) is 3.45. The third kappa shape index (κ3) is 6.05. The van der Waals surface area contributed by atoms with E-state index in [2.05, 4.69) is 26.6 Å². The molecule has 2 N–H and O–H groups in total. The zero-order valence-corrected chi connectivity index (χ0v) is 20.0. The number of halogens is 2. The molecule has 0 bridgehead atoms. The van der Waals surface area contributed by atoms with Crippen molar-refractivity contribution < 1.29 is 9.47 Å². The number of para-hydroxylation sites is 1. The van der Waals surface area contributed by atoms with Crippen molar-refractivity contribution in [1.82, 2.24) is 10.6 Å². The topological polar surface area (TPSA) is 58.1 Å². The number of hydrogen-bond acceptors (Lipinski definition) is 4. The summed E-state index contributed by atoms with van der Waals surface area (Å²) in [5.74, 6) is 2.22. The smallest absolute Gasteiger partial charge is 0.191 e. The van der Waals surface area contributed by atoms with E-state index in [-0.39, 0.29) is 24.0 Å². The molecule has 1 atom stereocenters. The molecule has 2 aromatic carbocycles. The quantitative estimate of drug-likeness (QED) is 0.337. The lowest BCUT2D eigenvalue weighted by atomic mass is 10.2. The molecular weight excluding hydrogens is 503 g/mol. The second-order valence-corrected chi connectivity index (χ2v) is 7.07. The predicted molar refractivity (Wildman–Crippen MR) is 130 cm³/mol. The summed E-state index contributed by atoms with van der Waals surface area (Å²) in [6.07, 6.45) is 1.04. The van der Waals surface area contributed by atoms with Crippen LogP contribution in [-0.2, 0) is 6.54 Å². The van der Waals surface area contributed by atoms with Gasteiger partial charge in [0.15, 0.2) is 17.5 Å². The van der Waals surface area contributed by atoms with Crippen LogP contribution in [0.15, 0.2) is 47.5 Å². The van der Waals surface area contributed by atoms with E-state index in [4.69, 9.17) is 21.1 Å². The van der Waals surface area contributed by atoms with Crippen molar-refractivity contribution in [2.45, 2.75) is 19.0 Å². The maximum atomic E-state index is 6.12. The lowest BCUT2D eigenvalue weighted by Gasteiger charge is -2.21. The fraction of sp³-hybridized carbons (Fsp3) is 0.381. The van der Waals surface area contributed by atoms with Gasteiger partial charge in [0.05, 0.1) is 14.2 Å². The molecule has 0 spiro atoms. The summed E-state index contributed by atoms with van der Waals surface area (Å²) in [6.45, 7) is 2.48. The van der Waals surface area contributed by atoms with E-state index in [0.717, 1.165) is 53.2 Å². The van der Waals surface area contributed by atoms with Gasteiger partial charge in [-0.25, -0.2) is 0 Å². The Bertz CT molecular complexity index is 834. The van der Waals surface area contributed by atoms with Crippen LogP contribution in [0.2, 0.25) is 5.02 Å². The van der Waals surface area contributed by atoms with E-state index in [1.165, 1.54) is 0 Å². The summed E-state index contributed by atoms with van der Waals surface area (Å²) in [5.41, 5.74) is 2.16. The number of nitrogens with zero attached hydrogens (tertiary/aromatic N) is 2. The third-order valence-corrected chi connectivity index (χ3v) is 5.09. The van der Waals surface area contributed by atoms with Crippen LogP contribution >= 0.6 is 35.6 Å². The first-order valence-electron chi connectivity index (χ1n) is 9.32. The largest absolute Gasteiger partial charge is 0.493 e. The highest BCUT2D eigenvalue weighted by Crippen LogP contribution is 2.30. The Labute approximate surface area is 194 Å². The first kappa shape index (κ1) is 23.4. The first-order valence-corrected chi connectivity index (χ1v) is 9.70. The van der Waals surface area contributed by atoms with Crippen molar-refractivity contribution in [2.24, 2.45) is 4.99 Å². The number of guanidine groups is 1. The van der Waals surface area contributed by atoms with Crippen LogP contribution in [0.4, 0.5) is 5.69 Å².